The first-order valence-corrected chi connectivity index (χ1v) is 11.8. The fraction of sp³-hybridized carbons (Fsp3) is 0.0952. The van der Waals surface area contributed by atoms with Crippen LogP contribution in [-0.2, 0) is 16.2 Å². The van der Waals surface area contributed by atoms with Crippen molar-refractivity contribution < 1.29 is 31.1 Å². The molecule has 6 nitrogen and oxygen atoms in total. The minimum atomic E-state index is -4.63. The van der Waals surface area contributed by atoms with Crippen LogP contribution in [0.3, 0.4) is 0 Å². The van der Waals surface area contributed by atoms with Gasteiger partial charge < -0.3 is 9.47 Å². The van der Waals surface area contributed by atoms with Crippen LogP contribution < -0.4 is 14.2 Å². The highest BCUT2D eigenvalue weighted by Gasteiger charge is 2.32. The zero-order valence-corrected chi connectivity index (χ0v) is 19.1. The number of hydrogen-bond donors (Lipinski definition) is 1. The maximum atomic E-state index is 12.8. The molecule has 0 aliphatic rings. The topological polar surface area (TPSA) is 77.5 Å². The summed E-state index contributed by atoms with van der Waals surface area (Å²) in [5.74, 6) is 1.11. The highest BCUT2D eigenvalue weighted by Crippen LogP contribution is 2.35. The maximum Gasteiger partial charge on any atom is 0.416 e. The molecule has 0 aliphatic carbocycles. The summed E-state index contributed by atoms with van der Waals surface area (Å²) in [4.78, 5) is 3.90. The van der Waals surface area contributed by atoms with Crippen molar-refractivity contribution in [2.45, 2.75) is 11.1 Å². The van der Waals surface area contributed by atoms with Gasteiger partial charge in [0.15, 0.2) is 0 Å². The predicted octanol–water partition coefficient (Wildman–Crippen LogP) is 6.57. The Kier molecular flexibility index (Phi) is 6.12. The highest BCUT2D eigenvalue weighted by atomic mass is 35.5. The molecule has 4 rings (SSSR count). The van der Waals surface area contributed by atoms with E-state index in [0.29, 0.717) is 28.8 Å². The van der Waals surface area contributed by atoms with Crippen molar-refractivity contribution in [1.29, 1.82) is 0 Å². The van der Waals surface area contributed by atoms with Gasteiger partial charge in [-0.2, -0.15) is 13.2 Å². The summed E-state index contributed by atoms with van der Waals surface area (Å²) in [6.07, 6.45) is -4.63. The minimum absolute atomic E-state index is 0.173. The predicted molar refractivity (Wildman–Crippen MR) is 120 cm³/mol. The lowest BCUT2D eigenvalue weighted by molar-refractivity contribution is -0.137. The molecular weight excluding hydrogens is 501 g/mol. The number of alkyl halides is 3. The van der Waals surface area contributed by atoms with Crippen LogP contribution in [-0.4, -0.2) is 20.5 Å². The normalized spacial score (nSPS) is 12.0. The van der Waals surface area contributed by atoms with Gasteiger partial charge >= 0.3 is 6.18 Å². The third-order valence-corrected chi connectivity index (χ3v) is 7.20. The number of thiazole rings is 1. The number of sulfonamides is 1. The van der Waals surface area contributed by atoms with Gasteiger partial charge in [0.05, 0.1) is 27.9 Å². The highest BCUT2D eigenvalue weighted by molar-refractivity contribution is 7.92. The fourth-order valence-corrected chi connectivity index (χ4v) is 5.32. The average molecular weight is 515 g/mol. The van der Waals surface area contributed by atoms with Gasteiger partial charge in [-0.25, -0.2) is 13.4 Å². The van der Waals surface area contributed by atoms with Gasteiger partial charge in [0, 0.05) is 5.69 Å². The summed E-state index contributed by atoms with van der Waals surface area (Å²) in [5.41, 5.74) is -0.123. The molecule has 1 aromatic heterocycles. The van der Waals surface area contributed by atoms with Gasteiger partial charge in [0.2, 0.25) is 0 Å². The number of rotatable bonds is 6. The van der Waals surface area contributed by atoms with Crippen LogP contribution in [0.2, 0.25) is 5.02 Å². The monoisotopic (exact) mass is 514 g/mol. The Labute approximate surface area is 195 Å². The molecule has 0 fully saturated rings. The van der Waals surface area contributed by atoms with Crippen LogP contribution in [0.15, 0.2) is 65.6 Å². The number of methoxy groups -OCH3 is 1. The summed E-state index contributed by atoms with van der Waals surface area (Å²) < 4.78 is 77.6. The number of benzene rings is 3. The van der Waals surface area contributed by atoms with Crippen LogP contribution in [0.4, 0.5) is 18.9 Å². The van der Waals surface area contributed by atoms with Gasteiger partial charge in [-0.15, -0.1) is 0 Å². The molecule has 0 saturated carbocycles. The molecule has 0 aliphatic heterocycles. The Morgan fingerprint density at radius 2 is 1.70 bits per heavy atom. The SMILES string of the molecule is COc1ccc2nc(Oc3ccc(NS(=O)(=O)c4ccc(C(F)(F)F)cc4Cl)cc3)sc2c1. The van der Waals surface area contributed by atoms with Crippen molar-refractivity contribution in [3.05, 3.63) is 71.2 Å². The Morgan fingerprint density at radius 1 is 1.00 bits per heavy atom. The fourth-order valence-electron chi connectivity index (χ4n) is 2.85. The number of ether oxygens (including phenoxy) is 2. The van der Waals surface area contributed by atoms with E-state index < -0.39 is 31.7 Å². The first-order chi connectivity index (χ1) is 15.5. The molecule has 4 aromatic rings. The number of halogens is 4. The zero-order valence-electron chi connectivity index (χ0n) is 16.7. The van der Waals surface area contributed by atoms with E-state index in [-0.39, 0.29) is 5.69 Å². The molecule has 33 heavy (non-hydrogen) atoms. The van der Waals surface area contributed by atoms with Crippen LogP contribution >= 0.6 is 22.9 Å². The molecule has 12 heteroatoms. The van der Waals surface area contributed by atoms with Crippen molar-refractivity contribution in [3.8, 4) is 16.7 Å². The molecule has 1 heterocycles. The summed E-state index contributed by atoms with van der Waals surface area (Å²) in [7, 11) is -2.64. The zero-order chi connectivity index (χ0) is 23.8. The van der Waals surface area contributed by atoms with E-state index in [1.54, 1.807) is 13.2 Å². The van der Waals surface area contributed by atoms with Gasteiger partial charge in [-0.05, 0) is 60.7 Å². The molecule has 3 aromatic carbocycles. The molecule has 0 unspecified atom stereocenters. The van der Waals surface area contributed by atoms with E-state index in [1.807, 2.05) is 12.1 Å². The third-order valence-electron chi connectivity index (χ3n) is 4.44. The van der Waals surface area contributed by atoms with Crippen molar-refractivity contribution in [2.75, 3.05) is 11.8 Å². The van der Waals surface area contributed by atoms with Gasteiger partial charge in [0.25, 0.3) is 15.2 Å². The maximum absolute atomic E-state index is 12.8. The molecule has 0 atom stereocenters. The van der Waals surface area contributed by atoms with Gasteiger partial charge in [-0.3, -0.25) is 4.72 Å². The van der Waals surface area contributed by atoms with E-state index in [9.17, 15) is 21.6 Å². The Hall–Kier alpha value is -3.02. The molecule has 1 N–H and O–H groups in total. The molecule has 0 saturated heterocycles. The quantitative estimate of drug-likeness (QED) is 0.315. The largest absolute Gasteiger partial charge is 0.497 e. The standard InChI is InChI=1S/C21H14ClF3N2O4S2/c1-30-15-7-8-17-18(11-15)32-20(26-17)31-14-5-3-13(4-6-14)27-33(28,29)19-9-2-12(10-16(19)22)21(23,24)25/h2-11,27H,1H3. The van der Waals surface area contributed by atoms with Crippen LogP contribution in [0, 0.1) is 0 Å². The van der Waals surface area contributed by atoms with Gasteiger partial charge in [0.1, 0.15) is 16.4 Å². The Bertz CT molecular complexity index is 1420. The second-order valence-electron chi connectivity index (χ2n) is 6.69. The number of fused-ring (bicyclic) bond motifs is 1. The first kappa shape index (κ1) is 23.1. The van der Waals surface area contributed by atoms with E-state index in [2.05, 4.69) is 9.71 Å². The van der Waals surface area contributed by atoms with Crippen LogP contribution in [0.5, 0.6) is 16.7 Å². The van der Waals surface area contributed by atoms with E-state index in [1.165, 1.54) is 35.6 Å². The molecule has 0 radical (unpaired) electrons. The Morgan fingerprint density at radius 3 is 2.33 bits per heavy atom. The second-order valence-corrected chi connectivity index (χ2v) is 9.74. The Balaban J connectivity index is 1.49. The lowest BCUT2D eigenvalue weighted by Crippen LogP contribution is -2.14. The molecule has 0 amide bonds. The number of anilines is 1. The van der Waals surface area contributed by atoms with Crippen LogP contribution in [0.25, 0.3) is 10.2 Å². The lowest BCUT2D eigenvalue weighted by atomic mass is 10.2. The molecule has 0 spiro atoms. The average Bonchev–Trinajstić information content (AvgIpc) is 3.15. The minimum Gasteiger partial charge on any atom is -0.497 e. The summed E-state index contributed by atoms with van der Waals surface area (Å²) in [5, 5.41) is -0.145. The van der Waals surface area contributed by atoms with Crippen molar-refractivity contribution in [3.63, 3.8) is 0 Å². The van der Waals surface area contributed by atoms with E-state index >= 15 is 0 Å². The molecule has 172 valence electrons. The smallest absolute Gasteiger partial charge is 0.416 e. The summed E-state index contributed by atoms with van der Waals surface area (Å²) >= 11 is 7.12. The number of nitrogens with one attached hydrogen (secondary N) is 1. The molecular formula is C21H14ClF3N2O4S2. The van der Waals surface area contributed by atoms with Crippen molar-refractivity contribution >= 4 is 48.9 Å². The van der Waals surface area contributed by atoms with E-state index in [0.717, 1.165) is 16.3 Å². The second kappa shape index (κ2) is 8.73. The number of hydrogen-bond acceptors (Lipinski definition) is 6. The number of aromatic nitrogens is 1. The molecule has 0 bridgehead atoms. The number of nitrogens with zero attached hydrogens (tertiary/aromatic N) is 1. The van der Waals surface area contributed by atoms with Gasteiger partial charge in [-0.1, -0.05) is 22.9 Å². The summed E-state index contributed by atoms with van der Waals surface area (Å²) in [6.45, 7) is 0. The first-order valence-electron chi connectivity index (χ1n) is 9.17. The summed E-state index contributed by atoms with van der Waals surface area (Å²) in [6, 6.07) is 13.4. The van der Waals surface area contributed by atoms with Crippen LogP contribution in [0.1, 0.15) is 5.56 Å². The third kappa shape index (κ3) is 5.15. The van der Waals surface area contributed by atoms with Crippen molar-refractivity contribution in [1.82, 2.24) is 4.98 Å². The van der Waals surface area contributed by atoms with E-state index in [4.69, 9.17) is 21.1 Å². The lowest BCUT2D eigenvalue weighted by Gasteiger charge is -2.12. The van der Waals surface area contributed by atoms with Crippen molar-refractivity contribution in [2.24, 2.45) is 0 Å².